The molecule has 0 aromatic carbocycles. The Hall–Kier alpha value is -1.36. The van der Waals surface area contributed by atoms with Gasteiger partial charge < -0.3 is 0 Å². The quantitative estimate of drug-likeness (QED) is 0.679. The van der Waals surface area contributed by atoms with Crippen LogP contribution < -0.4 is 4.40 Å². The maximum absolute atomic E-state index is 12.8. The van der Waals surface area contributed by atoms with Crippen molar-refractivity contribution in [3.8, 4) is 0 Å². The third kappa shape index (κ3) is 2.16. The topological polar surface area (TPSA) is 17.0 Å². The number of nitrogens with zero attached hydrogens (tertiary/aromatic N) is 2. The van der Waals surface area contributed by atoms with Gasteiger partial charge in [0.1, 0.15) is 23.1 Å². The van der Waals surface area contributed by atoms with Crippen LogP contribution in [0.5, 0.6) is 0 Å². The minimum absolute atomic E-state index is 0.0307. The minimum Gasteiger partial charge on any atom is -0.198 e. The molecule has 0 aliphatic heterocycles. The summed E-state index contributed by atoms with van der Waals surface area (Å²) in [6.07, 6.45) is 2.07. The number of alkyl halides is 3. The molecule has 0 saturated heterocycles. The fraction of sp³-hybridized carbons (Fsp3) is 0.385. The number of halogens is 4. The maximum Gasteiger partial charge on any atom is 0.419 e. The second-order valence-corrected chi connectivity index (χ2v) is 5.11. The van der Waals surface area contributed by atoms with Gasteiger partial charge in [-0.1, -0.05) is 11.6 Å². The van der Waals surface area contributed by atoms with Crippen LogP contribution in [0.2, 0.25) is 5.02 Å². The molecule has 1 aliphatic carbocycles. The van der Waals surface area contributed by atoms with E-state index in [2.05, 4.69) is 4.98 Å². The van der Waals surface area contributed by atoms with E-state index >= 15 is 0 Å². The van der Waals surface area contributed by atoms with Crippen molar-refractivity contribution in [3.63, 3.8) is 0 Å². The Kier molecular flexibility index (Phi) is 2.89. The summed E-state index contributed by atoms with van der Waals surface area (Å²) in [7, 11) is 0. The smallest absolute Gasteiger partial charge is 0.198 e. The Morgan fingerprint density at radius 3 is 2.68 bits per heavy atom. The zero-order chi connectivity index (χ0) is 13.6. The van der Waals surface area contributed by atoms with E-state index in [0.29, 0.717) is 5.65 Å². The second-order valence-electron chi connectivity index (χ2n) is 4.71. The summed E-state index contributed by atoms with van der Waals surface area (Å²) in [4.78, 5) is 4.18. The average Bonchev–Trinajstić information content (AvgIpc) is 2.37. The lowest BCUT2D eigenvalue weighted by Gasteiger charge is -2.14. The first-order chi connectivity index (χ1) is 8.97. The first-order valence-corrected chi connectivity index (χ1v) is 6.43. The highest BCUT2D eigenvalue weighted by Crippen LogP contribution is 2.31. The summed E-state index contributed by atoms with van der Waals surface area (Å²) in [6.45, 7) is 0. The number of hydrogen-bond donors (Lipinski definition) is 0. The summed E-state index contributed by atoms with van der Waals surface area (Å²) in [5, 5.41) is 0.0307. The van der Waals surface area contributed by atoms with Crippen LogP contribution in [0, 0.1) is 0 Å². The SMILES string of the molecule is FC(F)(F)c1cc(Cl)c2ncc3c([n+]2c1)CCCC3. The number of rotatable bonds is 0. The van der Waals surface area contributed by atoms with Crippen molar-refractivity contribution in [1.82, 2.24) is 4.98 Å². The van der Waals surface area contributed by atoms with Gasteiger partial charge in [0.25, 0.3) is 0 Å². The van der Waals surface area contributed by atoms with Crippen LogP contribution in [0.3, 0.4) is 0 Å². The molecular formula is C13H11ClF3N2+. The molecule has 2 aromatic rings. The van der Waals surface area contributed by atoms with E-state index < -0.39 is 11.7 Å². The van der Waals surface area contributed by atoms with Gasteiger partial charge in [-0.15, -0.1) is 0 Å². The molecule has 19 heavy (non-hydrogen) atoms. The molecule has 100 valence electrons. The van der Waals surface area contributed by atoms with Gasteiger partial charge in [-0.3, -0.25) is 0 Å². The van der Waals surface area contributed by atoms with Gasteiger partial charge in [0.2, 0.25) is 0 Å². The van der Waals surface area contributed by atoms with Gasteiger partial charge in [0.05, 0.1) is 5.56 Å². The van der Waals surface area contributed by atoms with Gasteiger partial charge in [-0.2, -0.15) is 17.6 Å². The van der Waals surface area contributed by atoms with E-state index in [-0.39, 0.29) is 5.02 Å². The summed E-state index contributed by atoms with van der Waals surface area (Å²) >= 11 is 5.93. The van der Waals surface area contributed by atoms with Crippen LogP contribution in [-0.4, -0.2) is 4.98 Å². The van der Waals surface area contributed by atoms with Crippen molar-refractivity contribution in [2.45, 2.75) is 31.9 Å². The monoisotopic (exact) mass is 287 g/mol. The van der Waals surface area contributed by atoms with Gasteiger partial charge in [0, 0.05) is 12.0 Å². The highest BCUT2D eigenvalue weighted by Gasteiger charge is 2.34. The molecule has 3 rings (SSSR count). The first kappa shape index (κ1) is 12.7. The Labute approximate surface area is 112 Å². The Bertz CT molecular complexity index is 652. The standard InChI is InChI=1S/C13H11ClF3N2/c14-10-5-9(13(15,16)17)7-19-11-4-2-1-3-8(11)6-18-12(10)19/h5-7H,1-4H2/q+1. The fourth-order valence-electron chi connectivity index (χ4n) is 2.50. The Morgan fingerprint density at radius 2 is 1.95 bits per heavy atom. The third-order valence-corrected chi connectivity index (χ3v) is 3.71. The predicted octanol–water partition coefficient (Wildman–Crippen LogP) is 3.37. The van der Waals surface area contributed by atoms with Crippen molar-refractivity contribution in [2.75, 3.05) is 0 Å². The molecule has 0 amide bonds. The van der Waals surface area contributed by atoms with E-state index in [4.69, 9.17) is 11.6 Å². The summed E-state index contributed by atoms with van der Waals surface area (Å²) < 4.78 is 40.0. The predicted molar refractivity (Wildman–Crippen MR) is 64.1 cm³/mol. The fourth-order valence-corrected chi connectivity index (χ4v) is 2.76. The van der Waals surface area contributed by atoms with E-state index in [0.717, 1.165) is 49.2 Å². The van der Waals surface area contributed by atoms with Gasteiger partial charge >= 0.3 is 11.8 Å². The van der Waals surface area contributed by atoms with E-state index in [9.17, 15) is 13.2 Å². The second kappa shape index (κ2) is 4.34. The summed E-state index contributed by atoms with van der Waals surface area (Å²) in [5.41, 5.74) is 1.55. The normalized spacial score (nSPS) is 15.6. The Morgan fingerprint density at radius 1 is 1.21 bits per heavy atom. The van der Waals surface area contributed by atoms with Crippen molar-refractivity contribution in [1.29, 1.82) is 0 Å². The van der Waals surface area contributed by atoms with Crippen LogP contribution in [0.4, 0.5) is 13.2 Å². The summed E-state index contributed by atoms with van der Waals surface area (Å²) in [5.74, 6) is 0. The molecule has 2 nitrogen and oxygen atoms in total. The highest BCUT2D eigenvalue weighted by atomic mass is 35.5. The number of fused-ring (bicyclic) bond motifs is 3. The first-order valence-electron chi connectivity index (χ1n) is 6.05. The molecule has 0 saturated carbocycles. The van der Waals surface area contributed by atoms with Crippen LogP contribution in [0.1, 0.15) is 29.7 Å². The largest absolute Gasteiger partial charge is 0.419 e. The zero-order valence-corrected chi connectivity index (χ0v) is 10.7. The molecule has 1 aliphatic rings. The van der Waals surface area contributed by atoms with Crippen molar-refractivity contribution < 1.29 is 17.6 Å². The van der Waals surface area contributed by atoms with Crippen molar-refractivity contribution in [3.05, 3.63) is 40.3 Å². The zero-order valence-electron chi connectivity index (χ0n) is 9.97. The number of pyridine rings is 1. The van der Waals surface area contributed by atoms with Crippen LogP contribution in [-0.2, 0) is 19.0 Å². The number of aromatic nitrogens is 2. The van der Waals surface area contributed by atoms with Crippen LogP contribution in [0.25, 0.3) is 5.65 Å². The summed E-state index contributed by atoms with van der Waals surface area (Å²) in [6, 6.07) is 0.930. The van der Waals surface area contributed by atoms with Crippen LogP contribution in [0.15, 0.2) is 18.5 Å². The molecule has 0 N–H and O–H groups in total. The molecule has 2 aromatic heterocycles. The van der Waals surface area contributed by atoms with E-state index in [1.165, 1.54) is 4.40 Å². The molecule has 2 heterocycles. The molecule has 0 bridgehead atoms. The minimum atomic E-state index is -4.40. The molecular weight excluding hydrogens is 277 g/mol. The molecule has 6 heteroatoms. The van der Waals surface area contributed by atoms with Gasteiger partial charge in [-0.05, 0) is 30.3 Å². The van der Waals surface area contributed by atoms with Gasteiger partial charge in [0.15, 0.2) is 0 Å². The lowest BCUT2D eigenvalue weighted by molar-refractivity contribution is -0.527. The number of aryl methyl sites for hydroxylation is 2. The third-order valence-electron chi connectivity index (χ3n) is 3.43. The molecule has 0 fully saturated rings. The van der Waals surface area contributed by atoms with Gasteiger partial charge in [-0.25, -0.2) is 0 Å². The maximum atomic E-state index is 12.8. The van der Waals surface area contributed by atoms with E-state index in [1.54, 1.807) is 6.20 Å². The lowest BCUT2D eigenvalue weighted by atomic mass is 9.97. The van der Waals surface area contributed by atoms with Crippen molar-refractivity contribution >= 4 is 17.2 Å². The molecule has 0 radical (unpaired) electrons. The van der Waals surface area contributed by atoms with Crippen LogP contribution >= 0.6 is 11.6 Å². The molecule has 0 atom stereocenters. The average molecular weight is 288 g/mol. The Balaban J connectivity index is 2.32. The highest BCUT2D eigenvalue weighted by molar-refractivity contribution is 6.33. The molecule has 0 unspecified atom stereocenters. The molecule has 0 spiro atoms. The lowest BCUT2D eigenvalue weighted by Crippen LogP contribution is -2.33. The van der Waals surface area contributed by atoms with Crippen molar-refractivity contribution in [2.24, 2.45) is 0 Å². The number of hydrogen-bond acceptors (Lipinski definition) is 1. The van der Waals surface area contributed by atoms with E-state index in [1.807, 2.05) is 0 Å².